The van der Waals surface area contributed by atoms with E-state index in [1.165, 1.54) is 6.08 Å². The van der Waals surface area contributed by atoms with Crippen LogP contribution in [0.3, 0.4) is 0 Å². The molecule has 13 heteroatoms. The zero-order valence-electron chi connectivity index (χ0n) is 33.7. The van der Waals surface area contributed by atoms with E-state index in [1.54, 1.807) is 58.9 Å². The molecule has 0 saturated carbocycles. The van der Waals surface area contributed by atoms with E-state index in [2.05, 4.69) is 6.92 Å². The molecule has 0 aromatic carbocycles. The van der Waals surface area contributed by atoms with Crippen molar-refractivity contribution in [1.82, 2.24) is 0 Å². The molecule has 1 radical (unpaired) electrons. The maximum atomic E-state index is 13.2. The summed E-state index contributed by atoms with van der Waals surface area (Å²) in [6.45, 7) is 12.2. The fourth-order valence-corrected chi connectivity index (χ4v) is 7.88. The number of cyclic esters (lactones) is 1. The Kier molecular flexibility index (Phi) is 18.1. The Labute approximate surface area is 362 Å². The van der Waals surface area contributed by atoms with Gasteiger partial charge in [0.2, 0.25) is 5.79 Å². The molecule has 4 aliphatic heterocycles. The van der Waals surface area contributed by atoms with Gasteiger partial charge in [-0.15, -0.1) is 0 Å². The fraction of sp³-hybridized carbons (Fsp3) is 0.714. The van der Waals surface area contributed by atoms with Gasteiger partial charge < -0.3 is 49.2 Å². The molecule has 0 aliphatic carbocycles. The zero-order chi connectivity index (χ0) is 39.9. The van der Waals surface area contributed by atoms with Crippen molar-refractivity contribution in [2.24, 2.45) is 10.8 Å². The molecular weight excluding hydrogens is 923 g/mol. The van der Waals surface area contributed by atoms with Crippen LogP contribution in [0.5, 0.6) is 0 Å². The first-order chi connectivity index (χ1) is 25.4. The second-order valence-corrected chi connectivity index (χ2v) is 16.5. The summed E-state index contributed by atoms with van der Waals surface area (Å²) >= 11 is 0. The molecule has 0 amide bonds. The van der Waals surface area contributed by atoms with Gasteiger partial charge >= 0.3 is 11.9 Å². The topological polar surface area (TPSA) is 181 Å². The van der Waals surface area contributed by atoms with E-state index in [0.717, 1.165) is 18.4 Å². The summed E-state index contributed by atoms with van der Waals surface area (Å²) in [5.41, 5.74) is -0.634. The predicted octanol–water partition coefficient (Wildman–Crippen LogP) is 5.01. The Bertz CT molecular complexity index is 1450. The van der Waals surface area contributed by atoms with Crippen molar-refractivity contribution in [3.63, 3.8) is 0 Å². The number of esters is 2. The molecule has 12 nitrogen and oxygen atoms in total. The van der Waals surface area contributed by atoms with Crippen LogP contribution < -0.4 is 0 Å². The van der Waals surface area contributed by atoms with Gasteiger partial charge in [0.05, 0.1) is 49.7 Å². The average Bonchev–Trinajstić information content (AvgIpc) is 3.09. The third kappa shape index (κ3) is 11.9. The Balaban J connectivity index is 0.00000812. The second kappa shape index (κ2) is 20.6. The van der Waals surface area contributed by atoms with Gasteiger partial charge in [-0.05, 0) is 45.1 Å². The molecule has 4 rings (SSSR count). The van der Waals surface area contributed by atoms with Crippen LogP contribution in [0.1, 0.15) is 113 Å². The van der Waals surface area contributed by atoms with E-state index in [-0.39, 0.29) is 76.2 Å². The van der Waals surface area contributed by atoms with Crippen LogP contribution in [0, 0.1) is 54.9 Å². The Morgan fingerprint density at radius 2 is 1.67 bits per heavy atom. The summed E-state index contributed by atoms with van der Waals surface area (Å²) in [5, 5.41) is 57.2. The van der Waals surface area contributed by atoms with Crippen LogP contribution in [0.25, 0.3) is 0 Å². The molecule has 0 aromatic rings. The zero-order valence-corrected chi connectivity index (χ0v) is 38.4. The Hall–Kier alpha value is -1.24. The number of hydrogen-bond donors (Lipinski definition) is 5. The molecular formula is C42H64AcO12. The largest absolute Gasteiger partial charge is 0.460 e. The van der Waals surface area contributed by atoms with E-state index in [0.29, 0.717) is 18.4 Å². The number of carbonyl (C=O) groups excluding carboxylic acids is 2. The number of fused-ring (bicyclic) bond motifs is 6. The van der Waals surface area contributed by atoms with Gasteiger partial charge in [-0.2, -0.15) is 0 Å². The minimum Gasteiger partial charge on any atom is -0.460 e. The third-order valence-corrected chi connectivity index (χ3v) is 11.6. The van der Waals surface area contributed by atoms with E-state index >= 15 is 0 Å². The number of unbranched alkanes of at least 4 members (excludes halogenated alkanes) is 1. The molecule has 3 fully saturated rings. The van der Waals surface area contributed by atoms with Crippen LogP contribution in [-0.4, -0.2) is 104 Å². The number of carbonyl (C=O) groups is 2. The minimum atomic E-state index is -2.13. The molecule has 10 atom stereocenters. The van der Waals surface area contributed by atoms with Crippen molar-refractivity contribution in [2.75, 3.05) is 6.61 Å². The molecule has 3 saturated heterocycles. The Morgan fingerprint density at radius 1 is 0.945 bits per heavy atom. The van der Waals surface area contributed by atoms with E-state index in [4.69, 9.17) is 23.7 Å². The van der Waals surface area contributed by atoms with Gasteiger partial charge in [0.1, 0.15) is 6.10 Å². The summed E-state index contributed by atoms with van der Waals surface area (Å²) in [7, 11) is 0. The van der Waals surface area contributed by atoms with Crippen molar-refractivity contribution in [3.8, 4) is 0 Å². The van der Waals surface area contributed by atoms with Gasteiger partial charge in [-0.1, -0.05) is 89.1 Å². The number of aliphatic hydroxyl groups excluding tert-OH is 3. The number of ether oxygens (including phenoxy) is 5. The first kappa shape index (κ1) is 48.1. The summed E-state index contributed by atoms with van der Waals surface area (Å²) in [4.78, 5) is 26.2. The van der Waals surface area contributed by atoms with Crippen molar-refractivity contribution < 1.29 is 103 Å². The average molecular weight is 988 g/mol. The summed E-state index contributed by atoms with van der Waals surface area (Å²) in [6, 6.07) is 0. The van der Waals surface area contributed by atoms with Gasteiger partial charge in [0.15, 0.2) is 11.9 Å². The quantitative estimate of drug-likeness (QED) is 0.104. The normalized spacial score (nSPS) is 39.3. The van der Waals surface area contributed by atoms with E-state index < -0.39 is 96.2 Å². The van der Waals surface area contributed by atoms with Crippen molar-refractivity contribution >= 4 is 11.9 Å². The molecule has 0 unspecified atom stereocenters. The minimum absolute atomic E-state index is 0. The Morgan fingerprint density at radius 3 is 2.33 bits per heavy atom. The molecule has 4 heterocycles. The predicted molar refractivity (Wildman–Crippen MR) is 202 cm³/mol. The maximum Gasteiger partial charge on any atom is 0.331 e. The van der Waals surface area contributed by atoms with Crippen molar-refractivity contribution in [2.45, 2.75) is 173 Å². The molecule has 307 valence electrons. The van der Waals surface area contributed by atoms with Crippen LogP contribution in [0.4, 0.5) is 0 Å². The molecule has 5 N–H and O–H groups in total. The first-order valence-electron chi connectivity index (χ1n) is 19.5. The van der Waals surface area contributed by atoms with E-state index in [1.807, 2.05) is 25.2 Å². The van der Waals surface area contributed by atoms with Crippen LogP contribution in [0.2, 0.25) is 0 Å². The molecule has 4 aliphatic rings. The smallest absolute Gasteiger partial charge is 0.331 e. The first-order valence-corrected chi connectivity index (χ1v) is 19.5. The number of aliphatic hydroxyl groups is 5. The molecule has 0 spiro atoms. The van der Waals surface area contributed by atoms with Gasteiger partial charge in [-0.25, -0.2) is 4.79 Å². The molecule has 55 heavy (non-hydrogen) atoms. The summed E-state index contributed by atoms with van der Waals surface area (Å²) < 4.78 is 30.9. The van der Waals surface area contributed by atoms with Crippen LogP contribution in [0.15, 0.2) is 59.8 Å². The number of rotatable bonds is 6. The summed E-state index contributed by atoms with van der Waals surface area (Å²) in [6.07, 6.45) is 9.85. The van der Waals surface area contributed by atoms with E-state index in [9.17, 15) is 35.1 Å². The number of allylic oxidation sites excluding steroid dienone is 5. The van der Waals surface area contributed by atoms with Gasteiger partial charge in [0, 0.05) is 86.7 Å². The summed E-state index contributed by atoms with van der Waals surface area (Å²) in [5.74, 6) is -5.41. The number of hydrogen-bond acceptors (Lipinski definition) is 12. The molecule has 0 aromatic heterocycles. The van der Waals surface area contributed by atoms with Crippen LogP contribution in [-0.2, 0) is 33.3 Å². The van der Waals surface area contributed by atoms with Crippen LogP contribution >= 0.6 is 0 Å². The fourth-order valence-electron chi connectivity index (χ4n) is 7.88. The van der Waals surface area contributed by atoms with Gasteiger partial charge in [0.25, 0.3) is 0 Å². The second-order valence-electron chi connectivity index (χ2n) is 16.5. The third-order valence-electron chi connectivity index (χ3n) is 11.6. The van der Waals surface area contributed by atoms with Crippen molar-refractivity contribution in [1.29, 1.82) is 0 Å². The SMILES string of the molecule is C/C=C1/C[C@H]2C[C@]3(O)O[C@H](C[C@@H](O)CC(=O)O[C@@H](CO)C[C@@H]4C/C(=C\C)[C@H](OC(=O)/C=C/C=C/CCC)[C@@](O)(O4)C(C)(C)/C=C/[C@@H](C1)O2)C[C@H](O)C3(C)C.[Ac]. The monoisotopic (exact) mass is 987 g/mol. The maximum absolute atomic E-state index is 13.2. The molecule has 6 bridgehead atoms. The van der Waals surface area contributed by atoms with Crippen molar-refractivity contribution in [3.05, 3.63) is 59.8 Å². The standard InChI is InChI=1S/C42H64O12.Ac/c1-8-11-12-13-14-15-36(46)52-38-28(10-3)20-31-23-34(26-43)51-37(47)22-29(44)21-32-24-35(45)40(6,7)41(48,53-32)25-33-19-27(9-2)18-30(50-33)16-17-39(4,5)42(38,49)54-31;/h9-10,12-17,29-35,38,43-45,48-49H,8,11,18-26H2,1-7H3;/b13-12+,15-14+,17-16+,27-9+,28-10+;/t29-,30+,31+,32-,33+,34-,35+,38+,41+,42-;/m1./s1. The van der Waals surface area contributed by atoms with Gasteiger partial charge in [-0.3, -0.25) is 4.79 Å².